The van der Waals surface area contributed by atoms with Gasteiger partial charge in [-0.1, -0.05) is 31.2 Å². The number of carboxylic acids is 1. The van der Waals surface area contributed by atoms with E-state index in [0.717, 1.165) is 16.7 Å². The van der Waals surface area contributed by atoms with Crippen molar-refractivity contribution in [3.63, 3.8) is 0 Å². The van der Waals surface area contributed by atoms with Crippen LogP contribution in [0.2, 0.25) is 0 Å². The summed E-state index contributed by atoms with van der Waals surface area (Å²) in [4.78, 5) is 16.8. The highest BCUT2D eigenvalue weighted by molar-refractivity contribution is 7.12. The lowest BCUT2D eigenvalue weighted by atomic mass is 9.82. The third-order valence-corrected chi connectivity index (χ3v) is 6.88. The number of aliphatic carboxylic acids is 1. The lowest BCUT2D eigenvalue weighted by Crippen LogP contribution is -2.28. The van der Waals surface area contributed by atoms with E-state index in [9.17, 15) is 23.1 Å². The number of hydrogen-bond acceptors (Lipinski definition) is 5. The number of nitrogens with one attached hydrogen (secondary N) is 1. The minimum atomic E-state index is -4.77. The van der Waals surface area contributed by atoms with E-state index in [1.807, 2.05) is 19.1 Å². The Labute approximate surface area is 211 Å². The predicted molar refractivity (Wildman–Crippen MR) is 137 cm³/mol. The fraction of sp³-hybridized carbons (Fsp3) is 0.296. The van der Waals surface area contributed by atoms with Crippen molar-refractivity contribution in [2.24, 2.45) is 4.99 Å². The minimum Gasteiger partial charge on any atom is -0.494 e. The van der Waals surface area contributed by atoms with Gasteiger partial charge < -0.3 is 15.3 Å². The molecule has 0 radical (unpaired) electrons. The van der Waals surface area contributed by atoms with Crippen molar-refractivity contribution in [2.45, 2.75) is 45.2 Å². The van der Waals surface area contributed by atoms with E-state index < -0.39 is 29.7 Å². The zero-order valence-electron chi connectivity index (χ0n) is 20.4. The Bertz CT molecular complexity index is 1310. The van der Waals surface area contributed by atoms with Gasteiger partial charge in [0.1, 0.15) is 17.1 Å². The summed E-state index contributed by atoms with van der Waals surface area (Å²) in [6.45, 7) is 5.23. The fourth-order valence-corrected chi connectivity index (χ4v) is 4.41. The maximum atomic E-state index is 13.2. The van der Waals surface area contributed by atoms with Crippen LogP contribution in [0.3, 0.4) is 0 Å². The average molecular weight is 517 g/mol. The number of rotatable bonds is 9. The number of carbonyl (C=O) groups is 1. The molecule has 3 aromatic rings. The molecule has 0 unspecified atom stereocenters. The van der Waals surface area contributed by atoms with Crippen LogP contribution < -0.4 is 4.74 Å². The standard InChI is InChI=1S/C27H27F3N2O3S/c1-5-16-10-17(12-19(11-16)26(2,3)25(33)34)18-13-23(36-15-18)21(14-24(31)27(28,29)30)32-20-8-6-7-9-22(20)35-4/h6-13,15,31H,5,14H2,1-4H3,(H,33,34). The van der Waals surface area contributed by atoms with Crippen molar-refractivity contribution < 1.29 is 27.8 Å². The number of methoxy groups -OCH3 is 1. The summed E-state index contributed by atoms with van der Waals surface area (Å²) in [6, 6.07) is 14.1. The highest BCUT2D eigenvalue weighted by Crippen LogP contribution is 2.35. The van der Waals surface area contributed by atoms with Crippen LogP contribution in [0.4, 0.5) is 18.9 Å². The van der Waals surface area contributed by atoms with Gasteiger partial charge in [-0.2, -0.15) is 13.2 Å². The Hall–Kier alpha value is -3.46. The molecule has 3 rings (SSSR count). The molecule has 0 spiro atoms. The second-order valence-corrected chi connectivity index (χ2v) is 9.70. The molecule has 0 fully saturated rings. The van der Waals surface area contributed by atoms with Crippen LogP contribution in [-0.2, 0) is 16.6 Å². The van der Waals surface area contributed by atoms with Gasteiger partial charge in [0.05, 0.1) is 18.2 Å². The molecule has 2 aromatic carbocycles. The van der Waals surface area contributed by atoms with Crippen LogP contribution in [0.15, 0.2) is 58.9 Å². The third kappa shape index (κ3) is 6.02. The average Bonchev–Trinajstić information content (AvgIpc) is 3.33. The van der Waals surface area contributed by atoms with Crippen molar-refractivity contribution in [3.8, 4) is 16.9 Å². The zero-order valence-corrected chi connectivity index (χ0v) is 21.2. The van der Waals surface area contributed by atoms with E-state index in [-0.39, 0.29) is 5.71 Å². The molecule has 0 aliphatic carbocycles. The molecule has 1 heterocycles. The normalized spacial score (nSPS) is 12.5. The van der Waals surface area contributed by atoms with Crippen LogP contribution in [0.5, 0.6) is 5.75 Å². The number of alkyl halides is 3. The summed E-state index contributed by atoms with van der Waals surface area (Å²) in [5, 5.41) is 19.1. The molecule has 36 heavy (non-hydrogen) atoms. The van der Waals surface area contributed by atoms with Crippen LogP contribution in [-0.4, -0.2) is 35.8 Å². The van der Waals surface area contributed by atoms with E-state index >= 15 is 0 Å². The lowest BCUT2D eigenvalue weighted by molar-refractivity contribution is -0.142. The van der Waals surface area contributed by atoms with Crippen molar-refractivity contribution in [1.82, 2.24) is 0 Å². The molecular formula is C27H27F3N2O3S. The number of aryl methyl sites for hydroxylation is 1. The molecule has 0 aliphatic rings. The highest BCUT2D eigenvalue weighted by atomic mass is 32.1. The number of hydrogen-bond donors (Lipinski definition) is 2. The Kier molecular flexibility index (Phi) is 8.03. The maximum Gasteiger partial charge on any atom is 0.429 e. The SMILES string of the molecule is CCc1cc(-c2csc(C(CC(=N)C(F)(F)F)=Nc3ccccc3OC)c2)cc(C(C)(C)C(=O)O)c1. The Morgan fingerprint density at radius 1 is 1.11 bits per heavy atom. The molecule has 5 nitrogen and oxygen atoms in total. The van der Waals surface area contributed by atoms with Crippen LogP contribution in [0.1, 0.15) is 43.2 Å². The van der Waals surface area contributed by atoms with Crippen LogP contribution in [0.25, 0.3) is 11.1 Å². The van der Waals surface area contributed by atoms with E-state index in [2.05, 4.69) is 4.99 Å². The van der Waals surface area contributed by atoms with E-state index in [0.29, 0.717) is 28.3 Å². The summed E-state index contributed by atoms with van der Waals surface area (Å²) >= 11 is 1.22. The van der Waals surface area contributed by atoms with Crippen LogP contribution >= 0.6 is 11.3 Å². The Morgan fingerprint density at radius 3 is 2.42 bits per heavy atom. The first kappa shape index (κ1) is 27.1. The minimum absolute atomic E-state index is 0.0933. The van der Waals surface area contributed by atoms with Gasteiger partial charge in [-0.15, -0.1) is 11.3 Å². The largest absolute Gasteiger partial charge is 0.494 e. The number of ether oxygens (including phenoxy) is 1. The van der Waals surface area contributed by atoms with Gasteiger partial charge in [0.2, 0.25) is 0 Å². The first-order chi connectivity index (χ1) is 16.9. The summed E-state index contributed by atoms with van der Waals surface area (Å²) in [6.07, 6.45) is -4.78. The predicted octanol–water partition coefficient (Wildman–Crippen LogP) is 7.44. The molecule has 0 saturated carbocycles. The number of benzene rings is 2. The summed E-state index contributed by atoms with van der Waals surface area (Å²) in [5.74, 6) is -0.550. The Morgan fingerprint density at radius 2 is 1.81 bits per heavy atom. The molecule has 0 saturated heterocycles. The van der Waals surface area contributed by atoms with Gasteiger partial charge in [0, 0.05) is 11.3 Å². The molecule has 2 N–H and O–H groups in total. The summed E-state index contributed by atoms with van der Waals surface area (Å²) < 4.78 is 45.0. The first-order valence-corrected chi connectivity index (χ1v) is 12.1. The molecule has 0 aliphatic heterocycles. The van der Waals surface area contributed by atoms with Crippen LogP contribution in [0, 0.1) is 5.41 Å². The smallest absolute Gasteiger partial charge is 0.429 e. The second-order valence-electron chi connectivity index (χ2n) is 8.79. The fourth-order valence-electron chi connectivity index (χ4n) is 3.50. The van der Waals surface area contributed by atoms with E-state index in [1.54, 1.807) is 55.6 Å². The molecule has 1 aromatic heterocycles. The molecular weight excluding hydrogens is 489 g/mol. The number of aliphatic imine (C=N–C) groups is 1. The number of halogens is 3. The lowest BCUT2D eigenvalue weighted by Gasteiger charge is -2.21. The summed E-state index contributed by atoms with van der Waals surface area (Å²) in [7, 11) is 1.45. The Balaban J connectivity index is 2.11. The highest BCUT2D eigenvalue weighted by Gasteiger charge is 2.35. The molecule has 0 amide bonds. The van der Waals surface area contributed by atoms with Gasteiger partial charge in [-0.05, 0) is 72.2 Å². The van der Waals surface area contributed by atoms with Crippen molar-refractivity contribution in [1.29, 1.82) is 5.41 Å². The quantitative estimate of drug-likeness (QED) is 0.290. The van der Waals surface area contributed by atoms with Crippen molar-refractivity contribution in [2.75, 3.05) is 7.11 Å². The number of carboxylic acid groups (broad SMARTS) is 1. The van der Waals surface area contributed by atoms with Gasteiger partial charge in [0.25, 0.3) is 0 Å². The number of nitrogens with zero attached hydrogens (tertiary/aromatic N) is 1. The van der Waals surface area contributed by atoms with Crippen molar-refractivity contribution in [3.05, 3.63) is 69.9 Å². The van der Waals surface area contributed by atoms with Gasteiger partial charge in [-0.25, -0.2) is 4.99 Å². The molecule has 0 bridgehead atoms. The van der Waals surface area contributed by atoms with Gasteiger partial charge in [0.15, 0.2) is 0 Å². The van der Waals surface area contributed by atoms with E-state index in [1.165, 1.54) is 18.4 Å². The van der Waals surface area contributed by atoms with Gasteiger partial charge in [-0.3, -0.25) is 4.79 Å². The second kappa shape index (κ2) is 10.7. The zero-order chi connectivity index (χ0) is 26.7. The number of para-hydroxylation sites is 2. The topological polar surface area (TPSA) is 82.7 Å². The first-order valence-electron chi connectivity index (χ1n) is 11.2. The van der Waals surface area contributed by atoms with Crippen molar-refractivity contribution >= 4 is 34.4 Å². The van der Waals surface area contributed by atoms with E-state index in [4.69, 9.17) is 10.1 Å². The number of thiophene rings is 1. The maximum absolute atomic E-state index is 13.2. The molecule has 9 heteroatoms. The van der Waals surface area contributed by atoms with Gasteiger partial charge >= 0.3 is 12.1 Å². The molecule has 0 atom stereocenters. The molecule has 190 valence electrons. The third-order valence-electron chi connectivity index (χ3n) is 5.90. The monoisotopic (exact) mass is 516 g/mol. The summed E-state index contributed by atoms with van der Waals surface area (Å²) in [5.41, 5.74) is 1.03.